The number of halogens is 4. The summed E-state index contributed by atoms with van der Waals surface area (Å²) in [6, 6.07) is 13.7. The summed E-state index contributed by atoms with van der Waals surface area (Å²) in [6.07, 6.45) is -4.79. The van der Waals surface area contributed by atoms with Gasteiger partial charge in [0, 0.05) is 23.8 Å². The van der Waals surface area contributed by atoms with Crippen molar-refractivity contribution >= 4 is 23.5 Å². The third-order valence-corrected chi connectivity index (χ3v) is 6.29. The van der Waals surface area contributed by atoms with Crippen LogP contribution in [-0.2, 0) is 31.8 Å². The molecule has 1 unspecified atom stereocenters. The van der Waals surface area contributed by atoms with Crippen LogP contribution in [0.25, 0.3) is 0 Å². The maximum atomic E-state index is 14.0. The van der Waals surface area contributed by atoms with Crippen LogP contribution in [0.5, 0.6) is 0 Å². The fourth-order valence-corrected chi connectivity index (χ4v) is 4.41. The highest BCUT2D eigenvalue weighted by atomic mass is 35.5. The minimum Gasteiger partial charge on any atom is -0.463 e. The van der Waals surface area contributed by atoms with Crippen LogP contribution < -0.4 is 5.32 Å². The Morgan fingerprint density at radius 3 is 2.33 bits per heavy atom. The summed E-state index contributed by atoms with van der Waals surface area (Å²) in [5.41, 5.74) is -1.23. The molecule has 3 rings (SSSR count). The third kappa shape index (κ3) is 7.19. The molecule has 0 fully saturated rings. The van der Waals surface area contributed by atoms with Crippen molar-refractivity contribution in [2.45, 2.75) is 32.5 Å². The van der Waals surface area contributed by atoms with Gasteiger partial charge in [-0.25, -0.2) is 9.59 Å². The number of ether oxygens (including phenoxy) is 2. The Morgan fingerprint density at radius 2 is 1.72 bits per heavy atom. The van der Waals surface area contributed by atoms with Crippen LogP contribution in [-0.4, -0.2) is 43.6 Å². The molecule has 1 N–H and O–H groups in total. The van der Waals surface area contributed by atoms with Crippen LogP contribution in [0.2, 0.25) is 5.02 Å². The van der Waals surface area contributed by atoms with Crippen molar-refractivity contribution in [1.29, 1.82) is 5.26 Å². The van der Waals surface area contributed by atoms with Crippen LogP contribution in [0.3, 0.4) is 0 Å². The number of esters is 2. The Balaban J connectivity index is 1.93. The molecule has 2 aromatic rings. The molecule has 0 radical (unpaired) electrons. The number of carbonyl (C=O) groups is 2. The lowest BCUT2D eigenvalue weighted by molar-refractivity contribution is -0.142. The number of rotatable bonds is 9. The molecule has 2 aromatic carbocycles. The van der Waals surface area contributed by atoms with E-state index in [4.69, 9.17) is 21.1 Å². The van der Waals surface area contributed by atoms with Gasteiger partial charge in [0.1, 0.15) is 18.4 Å². The second kappa shape index (κ2) is 12.8. The van der Waals surface area contributed by atoms with E-state index in [1.54, 1.807) is 12.1 Å². The zero-order valence-electron chi connectivity index (χ0n) is 21.6. The number of dihydropyridines is 1. The Kier molecular flexibility index (Phi) is 9.78. The van der Waals surface area contributed by atoms with Crippen LogP contribution in [0.4, 0.5) is 13.2 Å². The summed E-state index contributed by atoms with van der Waals surface area (Å²) in [5, 5.41) is 13.0. The second-order valence-electron chi connectivity index (χ2n) is 8.80. The summed E-state index contributed by atoms with van der Waals surface area (Å²) in [4.78, 5) is 28.2. The van der Waals surface area contributed by atoms with Crippen LogP contribution in [0.1, 0.15) is 36.5 Å². The fourth-order valence-electron chi connectivity index (χ4n) is 4.29. The van der Waals surface area contributed by atoms with Gasteiger partial charge in [-0.1, -0.05) is 41.9 Å². The van der Waals surface area contributed by atoms with Gasteiger partial charge >= 0.3 is 18.1 Å². The molecule has 0 spiro atoms. The van der Waals surface area contributed by atoms with Gasteiger partial charge in [-0.2, -0.15) is 18.4 Å². The van der Waals surface area contributed by atoms with E-state index in [1.165, 1.54) is 32.0 Å². The number of alkyl halides is 3. The molecule has 0 aromatic heterocycles. The van der Waals surface area contributed by atoms with E-state index in [1.807, 2.05) is 30.1 Å². The number of benzene rings is 2. The number of nitriles is 1. The molecule has 0 saturated heterocycles. The Labute approximate surface area is 229 Å². The lowest BCUT2D eigenvalue weighted by Crippen LogP contribution is -2.34. The molecule has 0 aliphatic carbocycles. The minimum atomic E-state index is -4.79. The van der Waals surface area contributed by atoms with Crippen molar-refractivity contribution < 1.29 is 32.2 Å². The normalized spacial score (nSPS) is 15.6. The highest BCUT2D eigenvalue weighted by Crippen LogP contribution is 2.44. The first-order valence-electron chi connectivity index (χ1n) is 12.0. The summed E-state index contributed by atoms with van der Waals surface area (Å²) in [5.74, 6) is -3.47. The van der Waals surface area contributed by atoms with E-state index < -0.39 is 35.2 Å². The monoisotopic (exact) mass is 561 g/mol. The smallest absolute Gasteiger partial charge is 0.416 e. The number of likely N-dealkylation sites (N-methyl/N-ethyl adjacent to an activating group) is 1. The van der Waals surface area contributed by atoms with E-state index in [2.05, 4.69) is 5.32 Å². The molecule has 1 aliphatic rings. The average Bonchev–Trinajstić information content (AvgIpc) is 2.88. The van der Waals surface area contributed by atoms with Gasteiger partial charge in [0.15, 0.2) is 0 Å². The number of nitrogens with zero attached hydrogens (tertiary/aromatic N) is 2. The zero-order valence-corrected chi connectivity index (χ0v) is 22.3. The van der Waals surface area contributed by atoms with Crippen LogP contribution in [0.15, 0.2) is 71.1 Å². The van der Waals surface area contributed by atoms with Gasteiger partial charge in [-0.3, -0.25) is 4.90 Å². The minimum absolute atomic E-state index is 0.0725. The molecule has 39 heavy (non-hydrogen) atoms. The van der Waals surface area contributed by atoms with Gasteiger partial charge in [0.25, 0.3) is 0 Å². The van der Waals surface area contributed by atoms with Crippen molar-refractivity contribution in [3.8, 4) is 6.07 Å². The maximum Gasteiger partial charge on any atom is 0.416 e. The quantitative estimate of drug-likeness (QED) is 0.413. The van der Waals surface area contributed by atoms with E-state index >= 15 is 0 Å². The highest BCUT2D eigenvalue weighted by molar-refractivity contribution is 6.30. The van der Waals surface area contributed by atoms with Gasteiger partial charge in [-0.05, 0) is 50.2 Å². The molecule has 11 heteroatoms. The molecule has 1 atom stereocenters. The van der Waals surface area contributed by atoms with E-state index in [9.17, 15) is 28.0 Å². The number of allylic oxidation sites excluding steroid dienone is 2. The van der Waals surface area contributed by atoms with Crippen molar-refractivity contribution in [3.05, 3.63) is 92.8 Å². The number of nitrogens with one attached hydrogen (secondary N) is 1. The van der Waals surface area contributed by atoms with Crippen LogP contribution in [0, 0.1) is 11.3 Å². The molecule has 1 heterocycles. The summed E-state index contributed by atoms with van der Waals surface area (Å²) >= 11 is 5.92. The van der Waals surface area contributed by atoms with Gasteiger partial charge < -0.3 is 14.8 Å². The van der Waals surface area contributed by atoms with Gasteiger partial charge in [0.05, 0.1) is 29.2 Å². The lowest BCUT2D eigenvalue weighted by atomic mass is 9.78. The van der Waals surface area contributed by atoms with Crippen molar-refractivity contribution in [3.63, 3.8) is 0 Å². The first-order chi connectivity index (χ1) is 18.5. The van der Waals surface area contributed by atoms with E-state index in [-0.39, 0.29) is 35.7 Å². The highest BCUT2D eigenvalue weighted by Gasteiger charge is 2.44. The van der Waals surface area contributed by atoms with E-state index in [0.717, 1.165) is 11.6 Å². The topological polar surface area (TPSA) is 91.7 Å². The Hall–Kier alpha value is -3.81. The molecule has 0 amide bonds. The lowest BCUT2D eigenvalue weighted by Gasteiger charge is -2.31. The first-order valence-corrected chi connectivity index (χ1v) is 12.4. The predicted molar refractivity (Wildman–Crippen MR) is 138 cm³/mol. The molecule has 7 nitrogen and oxygen atoms in total. The average molecular weight is 562 g/mol. The molecular formula is C28H27ClF3N3O4. The SMILES string of the molecule is CCOC(=O)C1=C(C#N)NC(C)=C(C(=O)OCCN(C)Cc2ccc(Cl)cc2)C1c1ccccc1C(F)(F)F. The maximum absolute atomic E-state index is 14.0. The van der Waals surface area contributed by atoms with Crippen molar-refractivity contribution in [2.75, 3.05) is 26.8 Å². The number of hydrogen-bond acceptors (Lipinski definition) is 7. The van der Waals surface area contributed by atoms with E-state index in [0.29, 0.717) is 18.1 Å². The Morgan fingerprint density at radius 1 is 1.08 bits per heavy atom. The van der Waals surface area contributed by atoms with Gasteiger partial charge in [0.2, 0.25) is 0 Å². The van der Waals surface area contributed by atoms with Gasteiger partial charge in [-0.15, -0.1) is 0 Å². The number of carbonyl (C=O) groups excluding carboxylic acids is 2. The first kappa shape index (κ1) is 29.7. The summed E-state index contributed by atoms with van der Waals surface area (Å²) < 4.78 is 52.6. The van der Waals surface area contributed by atoms with Crippen LogP contribution >= 0.6 is 11.6 Å². The molecular weight excluding hydrogens is 535 g/mol. The summed E-state index contributed by atoms with van der Waals surface area (Å²) in [6.45, 7) is 3.67. The predicted octanol–water partition coefficient (Wildman–Crippen LogP) is 5.34. The summed E-state index contributed by atoms with van der Waals surface area (Å²) in [7, 11) is 1.82. The van der Waals surface area contributed by atoms with Crippen molar-refractivity contribution in [1.82, 2.24) is 10.2 Å². The van der Waals surface area contributed by atoms with Crippen molar-refractivity contribution in [2.24, 2.45) is 0 Å². The molecule has 0 saturated carbocycles. The Bertz CT molecular complexity index is 1330. The third-order valence-electron chi connectivity index (χ3n) is 6.04. The standard InChI is InChI=1S/C28H27ClF3N3O4/c1-4-38-27(37)25-22(15-33)34-17(2)23(24(25)20-7-5-6-8-21(20)28(30,31)32)26(36)39-14-13-35(3)16-18-9-11-19(29)12-10-18/h5-12,24,34H,4,13-14,16H2,1-3H3. The number of hydrogen-bond donors (Lipinski definition) is 1. The largest absolute Gasteiger partial charge is 0.463 e. The fraction of sp³-hybridized carbons (Fsp3) is 0.321. The molecule has 206 valence electrons. The molecule has 0 bridgehead atoms. The molecule has 1 aliphatic heterocycles. The second-order valence-corrected chi connectivity index (χ2v) is 9.24. The zero-order chi connectivity index (χ0) is 28.7.